The van der Waals surface area contributed by atoms with Gasteiger partial charge in [-0.25, -0.2) is 0 Å². The molecule has 26 heavy (non-hydrogen) atoms. The van der Waals surface area contributed by atoms with Crippen molar-refractivity contribution in [3.8, 4) is 5.75 Å². The normalized spacial score (nSPS) is 11.6. The summed E-state index contributed by atoms with van der Waals surface area (Å²) in [5, 5.41) is 12.5. The lowest BCUT2D eigenvalue weighted by Gasteiger charge is -2.17. The van der Waals surface area contributed by atoms with Crippen molar-refractivity contribution in [3.63, 3.8) is 0 Å². The minimum Gasteiger partial charge on any atom is -0.489 e. The molecule has 0 saturated heterocycles. The van der Waals surface area contributed by atoms with Gasteiger partial charge in [-0.3, -0.25) is 4.79 Å². The van der Waals surface area contributed by atoms with Crippen LogP contribution < -0.4 is 10.1 Å². The van der Waals surface area contributed by atoms with E-state index in [0.29, 0.717) is 17.9 Å². The lowest BCUT2D eigenvalue weighted by Crippen LogP contribution is -2.30. The number of aliphatic hydroxyl groups is 1. The summed E-state index contributed by atoms with van der Waals surface area (Å²) in [6, 6.07) is 25.8. The third-order valence-corrected chi connectivity index (χ3v) is 4.03. The summed E-state index contributed by atoms with van der Waals surface area (Å²) in [6.07, 6.45) is 0. The second-order valence-corrected chi connectivity index (χ2v) is 5.92. The van der Waals surface area contributed by atoms with Crippen molar-refractivity contribution in [1.82, 2.24) is 5.32 Å². The monoisotopic (exact) mass is 347 g/mol. The zero-order valence-corrected chi connectivity index (χ0v) is 14.3. The number of hydrogen-bond donors (Lipinski definition) is 2. The number of carbonyl (C=O) groups excluding carboxylic acids is 1. The Bertz CT molecular complexity index is 834. The first-order chi connectivity index (χ1) is 12.8. The third kappa shape index (κ3) is 4.71. The lowest BCUT2D eigenvalue weighted by molar-refractivity contribution is 0.0915. The molecule has 0 radical (unpaired) electrons. The number of hydrogen-bond acceptors (Lipinski definition) is 3. The Labute approximate surface area is 153 Å². The number of ether oxygens (including phenoxy) is 1. The van der Waals surface area contributed by atoms with Gasteiger partial charge in [0.05, 0.1) is 12.6 Å². The Kier molecular flexibility index (Phi) is 6.01. The molecule has 0 saturated carbocycles. The van der Waals surface area contributed by atoms with Crippen LogP contribution in [0.1, 0.15) is 27.5 Å². The topological polar surface area (TPSA) is 58.6 Å². The molecular formula is C22H21NO3. The summed E-state index contributed by atoms with van der Waals surface area (Å²) >= 11 is 0. The van der Waals surface area contributed by atoms with E-state index in [4.69, 9.17) is 4.74 Å². The molecule has 0 aliphatic carbocycles. The number of rotatable bonds is 7. The third-order valence-electron chi connectivity index (χ3n) is 4.03. The molecule has 3 aromatic rings. The van der Waals surface area contributed by atoms with E-state index in [1.54, 1.807) is 18.2 Å². The Hall–Kier alpha value is -3.11. The van der Waals surface area contributed by atoms with Crippen molar-refractivity contribution in [2.45, 2.75) is 12.6 Å². The number of nitrogens with one attached hydrogen (secondary N) is 1. The maximum Gasteiger partial charge on any atom is 0.251 e. The van der Waals surface area contributed by atoms with Crippen LogP contribution in [0.2, 0.25) is 0 Å². The van der Waals surface area contributed by atoms with E-state index in [1.807, 2.05) is 66.7 Å². The molecule has 132 valence electrons. The minimum absolute atomic E-state index is 0.167. The van der Waals surface area contributed by atoms with Crippen molar-refractivity contribution in [1.29, 1.82) is 0 Å². The van der Waals surface area contributed by atoms with Crippen LogP contribution in [-0.4, -0.2) is 17.6 Å². The Balaban J connectivity index is 1.66. The van der Waals surface area contributed by atoms with Crippen LogP contribution in [0.15, 0.2) is 84.9 Å². The Morgan fingerprint density at radius 1 is 0.923 bits per heavy atom. The highest BCUT2D eigenvalue weighted by Gasteiger charge is 2.15. The zero-order valence-electron chi connectivity index (χ0n) is 14.3. The SMILES string of the molecule is O=C(NC(CO)c1ccccc1)c1cccc(OCc2ccccc2)c1. The van der Waals surface area contributed by atoms with Gasteiger partial charge in [-0.1, -0.05) is 66.7 Å². The number of aliphatic hydroxyl groups excluding tert-OH is 1. The fourth-order valence-corrected chi connectivity index (χ4v) is 2.63. The van der Waals surface area contributed by atoms with Gasteiger partial charge in [0.1, 0.15) is 12.4 Å². The van der Waals surface area contributed by atoms with E-state index in [-0.39, 0.29) is 12.5 Å². The van der Waals surface area contributed by atoms with Crippen LogP contribution in [0, 0.1) is 0 Å². The number of benzene rings is 3. The molecule has 4 heteroatoms. The highest BCUT2D eigenvalue weighted by molar-refractivity contribution is 5.94. The maximum absolute atomic E-state index is 12.5. The quantitative estimate of drug-likeness (QED) is 0.685. The van der Waals surface area contributed by atoms with E-state index in [9.17, 15) is 9.90 Å². The molecule has 0 fully saturated rings. The molecule has 3 aromatic carbocycles. The van der Waals surface area contributed by atoms with Crippen LogP contribution in [0.5, 0.6) is 5.75 Å². The van der Waals surface area contributed by atoms with Crippen molar-refractivity contribution in [3.05, 3.63) is 102 Å². The van der Waals surface area contributed by atoms with Crippen LogP contribution >= 0.6 is 0 Å². The highest BCUT2D eigenvalue weighted by atomic mass is 16.5. The average Bonchev–Trinajstić information content (AvgIpc) is 2.72. The van der Waals surface area contributed by atoms with Crippen LogP contribution in [0.4, 0.5) is 0 Å². The van der Waals surface area contributed by atoms with E-state index >= 15 is 0 Å². The van der Waals surface area contributed by atoms with Gasteiger partial charge < -0.3 is 15.2 Å². The first-order valence-electron chi connectivity index (χ1n) is 8.50. The molecule has 1 amide bonds. The average molecular weight is 347 g/mol. The molecule has 1 atom stereocenters. The molecule has 0 aromatic heterocycles. The predicted molar refractivity (Wildman–Crippen MR) is 101 cm³/mol. The standard InChI is InChI=1S/C22H21NO3/c24-15-21(18-10-5-2-6-11-18)23-22(25)19-12-7-13-20(14-19)26-16-17-8-3-1-4-9-17/h1-14,21,24H,15-16H2,(H,23,25). The van der Waals surface area contributed by atoms with E-state index in [2.05, 4.69) is 5.32 Å². The van der Waals surface area contributed by atoms with Gasteiger partial charge in [0.15, 0.2) is 0 Å². The Morgan fingerprint density at radius 2 is 1.62 bits per heavy atom. The summed E-state index contributed by atoms with van der Waals surface area (Å²) in [6.45, 7) is 0.273. The molecule has 2 N–H and O–H groups in total. The molecule has 4 nitrogen and oxygen atoms in total. The lowest BCUT2D eigenvalue weighted by atomic mass is 10.1. The highest BCUT2D eigenvalue weighted by Crippen LogP contribution is 2.17. The molecule has 3 rings (SSSR count). The van der Waals surface area contributed by atoms with Gasteiger partial charge in [-0.2, -0.15) is 0 Å². The van der Waals surface area contributed by atoms with Crippen molar-refractivity contribution < 1.29 is 14.6 Å². The zero-order chi connectivity index (χ0) is 18.2. The van der Waals surface area contributed by atoms with Crippen molar-refractivity contribution >= 4 is 5.91 Å². The summed E-state index contributed by atoms with van der Waals surface area (Å²) in [7, 11) is 0. The maximum atomic E-state index is 12.5. The van der Waals surface area contributed by atoms with Crippen molar-refractivity contribution in [2.24, 2.45) is 0 Å². The molecular weight excluding hydrogens is 326 g/mol. The van der Waals surface area contributed by atoms with Gasteiger partial charge in [0, 0.05) is 5.56 Å². The van der Waals surface area contributed by atoms with E-state index in [1.165, 1.54) is 0 Å². The van der Waals surface area contributed by atoms with Crippen molar-refractivity contribution in [2.75, 3.05) is 6.61 Å². The fraction of sp³-hybridized carbons (Fsp3) is 0.136. The first kappa shape index (κ1) is 17.7. The summed E-state index contributed by atoms with van der Waals surface area (Å²) in [5.41, 5.74) is 2.41. The van der Waals surface area contributed by atoms with E-state index < -0.39 is 6.04 Å². The fourth-order valence-electron chi connectivity index (χ4n) is 2.63. The van der Waals surface area contributed by atoms with E-state index in [0.717, 1.165) is 11.1 Å². The van der Waals surface area contributed by atoms with Gasteiger partial charge in [0.25, 0.3) is 5.91 Å². The summed E-state index contributed by atoms with van der Waals surface area (Å²) < 4.78 is 5.77. The molecule has 0 heterocycles. The summed E-state index contributed by atoms with van der Waals surface area (Å²) in [5.74, 6) is 0.375. The van der Waals surface area contributed by atoms with Gasteiger partial charge in [-0.05, 0) is 29.3 Å². The van der Waals surface area contributed by atoms with Crippen LogP contribution in [-0.2, 0) is 6.61 Å². The first-order valence-corrected chi connectivity index (χ1v) is 8.50. The largest absolute Gasteiger partial charge is 0.489 e. The molecule has 0 aliphatic heterocycles. The second kappa shape index (κ2) is 8.83. The molecule has 0 aliphatic rings. The second-order valence-electron chi connectivity index (χ2n) is 5.92. The molecule has 1 unspecified atom stereocenters. The number of amides is 1. The van der Waals surface area contributed by atoms with Crippen LogP contribution in [0.3, 0.4) is 0 Å². The predicted octanol–water partition coefficient (Wildman–Crippen LogP) is 3.73. The Morgan fingerprint density at radius 3 is 2.31 bits per heavy atom. The minimum atomic E-state index is -0.447. The molecule has 0 spiro atoms. The number of carbonyl (C=O) groups is 1. The smallest absolute Gasteiger partial charge is 0.251 e. The van der Waals surface area contributed by atoms with Gasteiger partial charge >= 0.3 is 0 Å². The van der Waals surface area contributed by atoms with Gasteiger partial charge in [-0.15, -0.1) is 0 Å². The summed E-state index contributed by atoms with van der Waals surface area (Å²) in [4.78, 5) is 12.5. The molecule has 0 bridgehead atoms. The van der Waals surface area contributed by atoms with Gasteiger partial charge in [0.2, 0.25) is 0 Å². The van der Waals surface area contributed by atoms with Crippen LogP contribution in [0.25, 0.3) is 0 Å².